The lowest BCUT2D eigenvalue weighted by Gasteiger charge is -2.40. The molecule has 144 valence electrons. The number of aromatic amines is 1. The number of rotatable bonds is 2. The summed E-state index contributed by atoms with van der Waals surface area (Å²) >= 11 is 6.07. The van der Waals surface area contributed by atoms with Crippen molar-refractivity contribution in [2.24, 2.45) is 7.05 Å². The van der Waals surface area contributed by atoms with E-state index in [2.05, 4.69) is 5.10 Å². The van der Waals surface area contributed by atoms with Crippen LogP contribution >= 0.6 is 11.6 Å². The number of hydrogen-bond acceptors (Lipinski definition) is 3. The Balaban J connectivity index is 1.77. The zero-order valence-electron chi connectivity index (χ0n) is 15.9. The fourth-order valence-corrected chi connectivity index (χ4v) is 4.01. The van der Waals surface area contributed by atoms with Crippen LogP contribution in [-0.2, 0) is 7.05 Å². The normalized spacial score (nSPS) is 17.3. The summed E-state index contributed by atoms with van der Waals surface area (Å²) in [6.45, 7) is 6.95. The standard InChI is InChI=1S/C19H23ClN4O3/c1-11-7-14(20)8-12(2)17(11)19(27)23-5-6-24(13(3)10-23)18(26)15-9-16(25)21-22(15)4/h7-9,13H,5-6,10H2,1-4H3,(H,21,25). The van der Waals surface area contributed by atoms with Crippen LogP contribution in [0.5, 0.6) is 0 Å². The van der Waals surface area contributed by atoms with E-state index in [1.54, 1.807) is 29.0 Å². The molecule has 1 aromatic carbocycles. The lowest BCUT2D eigenvalue weighted by molar-refractivity contribution is 0.0407. The summed E-state index contributed by atoms with van der Waals surface area (Å²) in [5, 5.41) is 3.16. The van der Waals surface area contributed by atoms with Crippen molar-refractivity contribution in [3.8, 4) is 0 Å². The Labute approximate surface area is 162 Å². The first-order chi connectivity index (χ1) is 12.7. The fraction of sp³-hybridized carbons (Fsp3) is 0.421. The molecule has 0 aliphatic carbocycles. The SMILES string of the molecule is Cc1cc(Cl)cc(C)c1C(=O)N1CCN(C(=O)c2cc(=O)[nH]n2C)C(C)C1. The van der Waals surface area contributed by atoms with E-state index in [9.17, 15) is 14.4 Å². The van der Waals surface area contributed by atoms with E-state index in [0.717, 1.165) is 11.1 Å². The number of halogens is 1. The largest absolute Gasteiger partial charge is 0.335 e. The maximum absolute atomic E-state index is 13.0. The third-order valence-corrected chi connectivity index (χ3v) is 5.23. The lowest BCUT2D eigenvalue weighted by atomic mass is 10.0. The van der Waals surface area contributed by atoms with E-state index in [1.807, 2.05) is 20.8 Å². The number of amides is 2. The van der Waals surface area contributed by atoms with Crippen LogP contribution in [0.2, 0.25) is 5.02 Å². The molecule has 0 radical (unpaired) electrons. The van der Waals surface area contributed by atoms with Crippen LogP contribution in [-0.4, -0.2) is 57.1 Å². The number of aromatic nitrogens is 2. The van der Waals surface area contributed by atoms with E-state index >= 15 is 0 Å². The number of nitrogens with one attached hydrogen (secondary N) is 1. The lowest BCUT2D eigenvalue weighted by Crippen LogP contribution is -2.55. The molecule has 0 saturated carbocycles. The Morgan fingerprint density at radius 3 is 2.26 bits per heavy atom. The van der Waals surface area contributed by atoms with Gasteiger partial charge in [0.15, 0.2) is 0 Å². The van der Waals surface area contributed by atoms with Gasteiger partial charge in [0, 0.05) is 49.4 Å². The van der Waals surface area contributed by atoms with Gasteiger partial charge in [0.05, 0.1) is 0 Å². The molecular formula is C19H23ClN4O3. The molecule has 1 N–H and O–H groups in total. The number of benzene rings is 1. The molecule has 0 bridgehead atoms. The summed E-state index contributed by atoms with van der Waals surface area (Å²) in [5.74, 6) is -0.260. The average molecular weight is 391 g/mol. The maximum Gasteiger partial charge on any atom is 0.272 e. The number of H-pyrrole nitrogens is 1. The Morgan fingerprint density at radius 1 is 1.11 bits per heavy atom. The number of piperazine rings is 1. The smallest absolute Gasteiger partial charge is 0.272 e. The zero-order valence-corrected chi connectivity index (χ0v) is 16.6. The van der Waals surface area contributed by atoms with Crippen molar-refractivity contribution >= 4 is 23.4 Å². The van der Waals surface area contributed by atoms with E-state index in [4.69, 9.17) is 11.6 Å². The third-order valence-electron chi connectivity index (χ3n) is 5.01. The van der Waals surface area contributed by atoms with Crippen molar-refractivity contribution < 1.29 is 9.59 Å². The molecule has 27 heavy (non-hydrogen) atoms. The van der Waals surface area contributed by atoms with Crippen LogP contribution in [0.1, 0.15) is 38.9 Å². The van der Waals surface area contributed by atoms with Crippen molar-refractivity contribution in [1.29, 1.82) is 0 Å². The minimum atomic E-state index is -0.309. The van der Waals surface area contributed by atoms with Gasteiger partial charge in [-0.3, -0.25) is 24.2 Å². The second-order valence-electron chi connectivity index (χ2n) is 7.08. The molecule has 1 aliphatic rings. The van der Waals surface area contributed by atoms with Crippen LogP contribution < -0.4 is 5.56 Å². The second-order valence-corrected chi connectivity index (χ2v) is 7.51. The molecule has 3 rings (SSSR count). The molecule has 1 saturated heterocycles. The van der Waals surface area contributed by atoms with Gasteiger partial charge in [0.25, 0.3) is 17.4 Å². The van der Waals surface area contributed by atoms with Crippen LogP contribution in [0, 0.1) is 13.8 Å². The van der Waals surface area contributed by atoms with Crippen molar-refractivity contribution in [1.82, 2.24) is 19.6 Å². The molecule has 2 heterocycles. The molecule has 1 atom stereocenters. The maximum atomic E-state index is 13.0. The molecule has 2 amide bonds. The highest BCUT2D eigenvalue weighted by Gasteiger charge is 2.32. The van der Waals surface area contributed by atoms with E-state index in [0.29, 0.717) is 35.9 Å². The highest BCUT2D eigenvalue weighted by Crippen LogP contribution is 2.23. The van der Waals surface area contributed by atoms with E-state index < -0.39 is 0 Å². The molecule has 1 unspecified atom stereocenters. The van der Waals surface area contributed by atoms with E-state index in [-0.39, 0.29) is 23.4 Å². The Kier molecular flexibility index (Phi) is 5.15. The van der Waals surface area contributed by atoms with Gasteiger partial charge < -0.3 is 9.80 Å². The highest BCUT2D eigenvalue weighted by molar-refractivity contribution is 6.30. The van der Waals surface area contributed by atoms with Crippen molar-refractivity contribution in [2.45, 2.75) is 26.8 Å². The Bertz CT molecular complexity index is 939. The predicted molar refractivity (Wildman–Crippen MR) is 103 cm³/mol. The quantitative estimate of drug-likeness (QED) is 0.851. The first-order valence-corrected chi connectivity index (χ1v) is 9.20. The number of hydrogen-bond donors (Lipinski definition) is 1. The van der Waals surface area contributed by atoms with Crippen molar-refractivity contribution in [3.05, 3.63) is 56.0 Å². The molecule has 1 aromatic heterocycles. The molecular weight excluding hydrogens is 368 g/mol. The van der Waals surface area contributed by atoms with Gasteiger partial charge in [-0.15, -0.1) is 0 Å². The summed E-state index contributed by atoms with van der Waals surface area (Å²) in [7, 11) is 1.63. The van der Waals surface area contributed by atoms with Crippen LogP contribution in [0.3, 0.4) is 0 Å². The molecule has 1 fully saturated rings. The van der Waals surface area contributed by atoms with Gasteiger partial charge in [-0.2, -0.15) is 0 Å². The van der Waals surface area contributed by atoms with Gasteiger partial charge in [-0.1, -0.05) is 11.6 Å². The minimum absolute atomic E-state index is 0.0466. The summed E-state index contributed by atoms with van der Waals surface area (Å²) in [6, 6.07) is 4.72. The first-order valence-electron chi connectivity index (χ1n) is 8.82. The Morgan fingerprint density at radius 2 is 1.74 bits per heavy atom. The van der Waals surface area contributed by atoms with Gasteiger partial charge in [0.2, 0.25) is 0 Å². The summed E-state index contributed by atoms with van der Waals surface area (Å²) in [6.07, 6.45) is 0. The molecule has 2 aromatic rings. The fourth-order valence-electron chi connectivity index (χ4n) is 3.68. The van der Waals surface area contributed by atoms with Crippen molar-refractivity contribution in [2.75, 3.05) is 19.6 Å². The average Bonchev–Trinajstić information content (AvgIpc) is 2.91. The first kappa shape index (κ1) is 19.2. The number of carbonyl (C=O) groups is 2. The van der Waals surface area contributed by atoms with Gasteiger partial charge >= 0.3 is 0 Å². The minimum Gasteiger partial charge on any atom is -0.335 e. The zero-order chi connectivity index (χ0) is 19.9. The topological polar surface area (TPSA) is 78.4 Å². The van der Waals surface area contributed by atoms with Gasteiger partial charge in [-0.05, 0) is 44.0 Å². The van der Waals surface area contributed by atoms with Crippen molar-refractivity contribution in [3.63, 3.8) is 0 Å². The van der Waals surface area contributed by atoms with Gasteiger partial charge in [0.1, 0.15) is 5.69 Å². The molecule has 7 nitrogen and oxygen atoms in total. The van der Waals surface area contributed by atoms with Crippen LogP contribution in [0.4, 0.5) is 0 Å². The third kappa shape index (κ3) is 3.64. The highest BCUT2D eigenvalue weighted by atomic mass is 35.5. The molecule has 8 heteroatoms. The predicted octanol–water partition coefficient (Wildman–Crippen LogP) is 1.97. The Hall–Kier alpha value is -2.54. The summed E-state index contributed by atoms with van der Waals surface area (Å²) in [4.78, 5) is 40.7. The summed E-state index contributed by atoms with van der Waals surface area (Å²) in [5.41, 5.74) is 2.36. The number of nitrogens with zero attached hydrogens (tertiary/aromatic N) is 3. The number of carbonyl (C=O) groups excluding carboxylic acids is 2. The number of aryl methyl sites for hydroxylation is 3. The van der Waals surface area contributed by atoms with Gasteiger partial charge in [-0.25, -0.2) is 0 Å². The monoisotopic (exact) mass is 390 g/mol. The second kappa shape index (κ2) is 7.23. The molecule has 0 spiro atoms. The van der Waals surface area contributed by atoms with Crippen LogP contribution in [0.15, 0.2) is 23.0 Å². The molecule has 1 aliphatic heterocycles. The summed E-state index contributed by atoms with van der Waals surface area (Å²) < 4.78 is 1.43. The van der Waals surface area contributed by atoms with E-state index in [1.165, 1.54) is 10.7 Å². The van der Waals surface area contributed by atoms with Crippen LogP contribution in [0.25, 0.3) is 0 Å².